The minimum atomic E-state index is -0.116. The van der Waals surface area contributed by atoms with Gasteiger partial charge in [0, 0.05) is 24.2 Å². The maximum absolute atomic E-state index is 6.19. The van der Waals surface area contributed by atoms with Crippen LogP contribution in [0.1, 0.15) is 11.6 Å². The van der Waals surface area contributed by atoms with E-state index in [-0.39, 0.29) is 18.4 Å². The van der Waals surface area contributed by atoms with E-state index in [1.54, 1.807) is 12.1 Å². The van der Waals surface area contributed by atoms with Crippen molar-refractivity contribution in [2.45, 2.75) is 6.04 Å². The molecule has 0 fully saturated rings. The van der Waals surface area contributed by atoms with Crippen LogP contribution in [0.3, 0.4) is 0 Å². The Kier molecular flexibility index (Phi) is 7.02. The molecule has 3 N–H and O–H groups in total. The fourth-order valence-electron chi connectivity index (χ4n) is 2.30. The van der Waals surface area contributed by atoms with Crippen LogP contribution in [-0.2, 0) is 0 Å². The van der Waals surface area contributed by atoms with Gasteiger partial charge in [0.1, 0.15) is 12.1 Å². The van der Waals surface area contributed by atoms with Gasteiger partial charge in [-0.1, -0.05) is 59.6 Å². The van der Waals surface area contributed by atoms with Gasteiger partial charge in [-0.3, -0.25) is 0 Å². The van der Waals surface area contributed by atoms with E-state index in [9.17, 15) is 0 Å². The minimum Gasteiger partial charge on any atom is -0.368 e. The maximum atomic E-state index is 6.19. The monoisotopic (exact) mass is 394 g/mol. The average molecular weight is 396 g/mol. The van der Waals surface area contributed by atoms with Crippen LogP contribution in [0.4, 0.5) is 5.82 Å². The van der Waals surface area contributed by atoms with E-state index < -0.39 is 0 Å². The molecule has 0 spiro atoms. The Labute approximate surface area is 162 Å². The molecule has 0 radical (unpaired) electrons. The molecule has 0 saturated carbocycles. The molecule has 3 aromatic rings. The number of hydrogen-bond donors (Lipinski definition) is 2. The van der Waals surface area contributed by atoms with Crippen molar-refractivity contribution in [1.29, 1.82) is 0 Å². The molecular weight excluding hydrogens is 379 g/mol. The molecule has 0 aliphatic heterocycles. The van der Waals surface area contributed by atoms with Crippen LogP contribution < -0.4 is 11.1 Å². The van der Waals surface area contributed by atoms with Crippen molar-refractivity contribution in [3.8, 4) is 11.3 Å². The summed E-state index contributed by atoms with van der Waals surface area (Å²) in [5.41, 5.74) is 8.90. The molecule has 1 unspecified atom stereocenters. The van der Waals surface area contributed by atoms with Crippen molar-refractivity contribution in [3.05, 3.63) is 76.5 Å². The van der Waals surface area contributed by atoms with Crippen LogP contribution in [0.5, 0.6) is 0 Å². The normalized spacial score (nSPS) is 11.5. The molecule has 0 aliphatic carbocycles. The number of nitrogens with zero attached hydrogens (tertiary/aromatic N) is 2. The highest BCUT2D eigenvalue weighted by Crippen LogP contribution is 2.28. The predicted octanol–water partition coefficient (Wildman–Crippen LogP) is 4.98. The zero-order valence-corrected chi connectivity index (χ0v) is 15.5. The molecule has 1 heterocycles. The number of nitrogens with one attached hydrogen (secondary N) is 1. The lowest BCUT2D eigenvalue weighted by atomic mass is 10.1. The first-order valence-electron chi connectivity index (χ1n) is 7.45. The molecule has 130 valence electrons. The van der Waals surface area contributed by atoms with Gasteiger partial charge in [0.25, 0.3) is 0 Å². The molecular formula is C18H17Cl3N4. The van der Waals surface area contributed by atoms with Gasteiger partial charge in [0.05, 0.1) is 15.7 Å². The molecule has 1 aromatic heterocycles. The second-order valence-corrected chi connectivity index (χ2v) is 6.13. The summed E-state index contributed by atoms with van der Waals surface area (Å²) in [5, 5.41) is 4.25. The molecule has 7 heteroatoms. The fraction of sp³-hybridized carbons (Fsp3) is 0.111. The van der Waals surface area contributed by atoms with Gasteiger partial charge in [-0.05, 0) is 17.7 Å². The Morgan fingerprint density at radius 1 is 0.960 bits per heavy atom. The molecule has 1 atom stereocenters. The van der Waals surface area contributed by atoms with Crippen molar-refractivity contribution in [3.63, 3.8) is 0 Å². The summed E-state index contributed by atoms with van der Waals surface area (Å²) in [5.74, 6) is 0.706. The number of aromatic nitrogens is 2. The van der Waals surface area contributed by atoms with Crippen molar-refractivity contribution < 1.29 is 0 Å². The number of halogens is 3. The van der Waals surface area contributed by atoms with Gasteiger partial charge in [-0.25, -0.2) is 9.97 Å². The Balaban J connectivity index is 0.00000225. The maximum Gasteiger partial charge on any atom is 0.130 e. The Bertz CT molecular complexity index is 828. The fourth-order valence-corrected chi connectivity index (χ4v) is 2.60. The highest BCUT2D eigenvalue weighted by Gasteiger charge is 2.08. The predicted molar refractivity (Wildman–Crippen MR) is 107 cm³/mol. The molecule has 0 amide bonds. The molecule has 0 aliphatic rings. The average Bonchev–Trinajstić information content (AvgIpc) is 2.63. The van der Waals surface area contributed by atoms with E-state index in [1.165, 1.54) is 6.33 Å². The van der Waals surface area contributed by atoms with Gasteiger partial charge in [-0.2, -0.15) is 0 Å². The van der Waals surface area contributed by atoms with E-state index in [0.717, 1.165) is 16.8 Å². The summed E-state index contributed by atoms with van der Waals surface area (Å²) in [6.45, 7) is 0.571. The Morgan fingerprint density at radius 2 is 1.72 bits per heavy atom. The summed E-state index contributed by atoms with van der Waals surface area (Å²) in [6, 6.07) is 17.1. The standard InChI is InChI=1S/C18H16Cl2N4.ClH/c19-14-7-6-13(8-15(14)20)17-9-18(24-11-23-17)22-10-16(21)12-4-2-1-3-5-12;/h1-9,11,16H,10,21H2,(H,22,23,24);1H. The summed E-state index contributed by atoms with van der Waals surface area (Å²) in [7, 11) is 0. The van der Waals surface area contributed by atoms with Crippen LogP contribution in [0, 0.1) is 0 Å². The lowest BCUT2D eigenvalue weighted by Gasteiger charge is -2.14. The summed E-state index contributed by atoms with van der Waals surface area (Å²) in [4.78, 5) is 8.52. The second kappa shape index (κ2) is 9.02. The third kappa shape index (κ3) is 5.06. The molecule has 4 nitrogen and oxygen atoms in total. The second-order valence-electron chi connectivity index (χ2n) is 5.32. The highest BCUT2D eigenvalue weighted by atomic mass is 35.5. The van der Waals surface area contributed by atoms with E-state index in [2.05, 4.69) is 15.3 Å². The van der Waals surface area contributed by atoms with E-state index >= 15 is 0 Å². The number of rotatable bonds is 5. The van der Waals surface area contributed by atoms with Crippen LogP contribution in [0.15, 0.2) is 60.9 Å². The van der Waals surface area contributed by atoms with Crippen molar-refractivity contribution in [2.24, 2.45) is 5.73 Å². The first kappa shape index (κ1) is 19.5. The number of hydrogen-bond acceptors (Lipinski definition) is 4. The molecule has 0 saturated heterocycles. The van der Waals surface area contributed by atoms with Gasteiger partial charge < -0.3 is 11.1 Å². The summed E-state index contributed by atoms with van der Waals surface area (Å²) in [6.07, 6.45) is 1.51. The van der Waals surface area contributed by atoms with E-state index in [1.807, 2.05) is 42.5 Å². The minimum absolute atomic E-state index is 0. The summed E-state index contributed by atoms with van der Waals surface area (Å²) < 4.78 is 0. The number of nitrogens with two attached hydrogens (primary N) is 1. The van der Waals surface area contributed by atoms with E-state index in [4.69, 9.17) is 28.9 Å². The van der Waals surface area contributed by atoms with Crippen LogP contribution in [0.2, 0.25) is 10.0 Å². The highest BCUT2D eigenvalue weighted by molar-refractivity contribution is 6.42. The van der Waals surface area contributed by atoms with E-state index in [0.29, 0.717) is 22.4 Å². The third-order valence-electron chi connectivity index (χ3n) is 3.61. The van der Waals surface area contributed by atoms with Crippen LogP contribution >= 0.6 is 35.6 Å². The SMILES string of the molecule is Cl.NC(CNc1cc(-c2ccc(Cl)c(Cl)c2)ncn1)c1ccccc1. The van der Waals surface area contributed by atoms with Gasteiger partial charge in [0.2, 0.25) is 0 Å². The lowest BCUT2D eigenvalue weighted by Crippen LogP contribution is -2.20. The van der Waals surface area contributed by atoms with Crippen LogP contribution in [0.25, 0.3) is 11.3 Å². The van der Waals surface area contributed by atoms with Crippen molar-refractivity contribution in [2.75, 3.05) is 11.9 Å². The lowest BCUT2D eigenvalue weighted by molar-refractivity contribution is 0.761. The summed E-state index contributed by atoms with van der Waals surface area (Å²) >= 11 is 12.0. The van der Waals surface area contributed by atoms with Crippen molar-refractivity contribution in [1.82, 2.24) is 9.97 Å². The number of anilines is 1. The molecule has 25 heavy (non-hydrogen) atoms. The molecule has 2 aromatic carbocycles. The topological polar surface area (TPSA) is 63.8 Å². The zero-order chi connectivity index (χ0) is 16.9. The number of benzene rings is 2. The van der Waals surface area contributed by atoms with Gasteiger partial charge in [0.15, 0.2) is 0 Å². The first-order chi connectivity index (χ1) is 11.6. The van der Waals surface area contributed by atoms with Gasteiger partial charge >= 0.3 is 0 Å². The third-order valence-corrected chi connectivity index (χ3v) is 4.35. The van der Waals surface area contributed by atoms with Gasteiger partial charge in [-0.15, -0.1) is 12.4 Å². The molecule has 3 rings (SSSR count). The zero-order valence-electron chi connectivity index (χ0n) is 13.2. The first-order valence-corrected chi connectivity index (χ1v) is 8.21. The van der Waals surface area contributed by atoms with Crippen molar-refractivity contribution >= 4 is 41.4 Å². The smallest absolute Gasteiger partial charge is 0.130 e. The quantitative estimate of drug-likeness (QED) is 0.639. The molecule has 0 bridgehead atoms. The Morgan fingerprint density at radius 3 is 2.44 bits per heavy atom. The largest absolute Gasteiger partial charge is 0.368 e. The van der Waals surface area contributed by atoms with Crippen LogP contribution in [-0.4, -0.2) is 16.5 Å². The Hall–Kier alpha value is -1.85.